The lowest BCUT2D eigenvalue weighted by molar-refractivity contribution is 0.354. The zero-order valence-electron chi connectivity index (χ0n) is 17.1. The van der Waals surface area contributed by atoms with Crippen molar-refractivity contribution in [2.45, 2.75) is 13.0 Å². The number of phenolic OH excluding ortho intramolecular Hbond substituents is 1. The molecule has 0 saturated heterocycles. The number of benzene rings is 2. The summed E-state index contributed by atoms with van der Waals surface area (Å²) in [5.74, 6) is 1.28. The summed E-state index contributed by atoms with van der Waals surface area (Å²) in [6, 6.07) is 15.6. The summed E-state index contributed by atoms with van der Waals surface area (Å²) in [6.45, 7) is 0.290. The Hall–Kier alpha value is -4.07. The first-order valence-electron chi connectivity index (χ1n) is 9.65. The highest BCUT2D eigenvalue weighted by Crippen LogP contribution is 2.29. The lowest BCUT2D eigenvalue weighted by Gasteiger charge is -2.12. The van der Waals surface area contributed by atoms with Crippen molar-refractivity contribution in [2.24, 2.45) is 0 Å². The van der Waals surface area contributed by atoms with Gasteiger partial charge in [-0.05, 0) is 48.4 Å². The van der Waals surface area contributed by atoms with Crippen LogP contribution in [-0.2, 0) is 13.0 Å². The SMILES string of the molecule is COc1ccc(CCn2c(=O)[nH]c(=O)c3ccc(-c4ccccc4O)nc32)cc1OC. The smallest absolute Gasteiger partial charge is 0.330 e. The van der Waals surface area contributed by atoms with Crippen LogP contribution in [0.15, 0.2) is 64.2 Å². The van der Waals surface area contributed by atoms with Crippen molar-refractivity contribution in [3.8, 4) is 28.5 Å². The number of aromatic nitrogens is 3. The van der Waals surface area contributed by atoms with E-state index in [1.807, 2.05) is 12.1 Å². The molecule has 8 nitrogen and oxygen atoms in total. The van der Waals surface area contributed by atoms with Gasteiger partial charge in [0.2, 0.25) is 0 Å². The zero-order valence-corrected chi connectivity index (χ0v) is 17.1. The number of nitrogens with zero attached hydrogens (tertiary/aromatic N) is 2. The van der Waals surface area contributed by atoms with Gasteiger partial charge in [-0.3, -0.25) is 14.3 Å². The zero-order chi connectivity index (χ0) is 22.0. The molecule has 0 fully saturated rings. The maximum atomic E-state index is 12.6. The summed E-state index contributed by atoms with van der Waals surface area (Å²) < 4.78 is 12.0. The van der Waals surface area contributed by atoms with E-state index in [4.69, 9.17) is 9.47 Å². The Bertz CT molecular complexity index is 1370. The van der Waals surface area contributed by atoms with Gasteiger partial charge in [0.1, 0.15) is 11.4 Å². The predicted octanol–water partition coefficient (Wildman–Crippen LogP) is 2.72. The van der Waals surface area contributed by atoms with Gasteiger partial charge in [0.05, 0.1) is 25.3 Å². The molecule has 2 aromatic heterocycles. The number of aromatic hydroxyl groups is 1. The number of hydrogen-bond acceptors (Lipinski definition) is 6. The third kappa shape index (κ3) is 3.87. The molecule has 0 bridgehead atoms. The molecule has 0 atom stereocenters. The molecular weight excluding hydrogens is 398 g/mol. The largest absolute Gasteiger partial charge is 0.507 e. The van der Waals surface area contributed by atoms with Crippen LogP contribution in [-0.4, -0.2) is 33.9 Å². The van der Waals surface area contributed by atoms with Crippen molar-refractivity contribution in [3.63, 3.8) is 0 Å². The van der Waals surface area contributed by atoms with Crippen LogP contribution >= 0.6 is 0 Å². The molecule has 0 aliphatic carbocycles. The monoisotopic (exact) mass is 419 g/mol. The van der Waals surface area contributed by atoms with Crippen LogP contribution in [0, 0.1) is 0 Å². The Morgan fingerprint density at radius 3 is 2.52 bits per heavy atom. The number of ether oxygens (including phenoxy) is 2. The summed E-state index contributed by atoms with van der Waals surface area (Å²) >= 11 is 0. The molecule has 2 heterocycles. The minimum Gasteiger partial charge on any atom is -0.507 e. The first-order chi connectivity index (χ1) is 15.0. The Morgan fingerprint density at radius 1 is 1.00 bits per heavy atom. The van der Waals surface area contributed by atoms with E-state index in [0.717, 1.165) is 5.56 Å². The number of hydrogen-bond donors (Lipinski definition) is 2. The Kier molecular flexibility index (Phi) is 5.44. The molecule has 31 heavy (non-hydrogen) atoms. The number of aryl methyl sites for hydroxylation is 2. The van der Waals surface area contributed by atoms with Gasteiger partial charge in [-0.1, -0.05) is 18.2 Å². The second-order valence-electron chi connectivity index (χ2n) is 6.94. The Balaban J connectivity index is 1.77. The number of H-pyrrole nitrogens is 1. The molecule has 158 valence electrons. The number of pyridine rings is 1. The second kappa shape index (κ2) is 8.35. The van der Waals surface area contributed by atoms with Crippen LogP contribution < -0.4 is 20.7 Å². The molecule has 4 rings (SSSR count). The molecular formula is C23H21N3O5. The minimum absolute atomic E-state index is 0.0680. The van der Waals surface area contributed by atoms with Crippen molar-refractivity contribution in [1.82, 2.24) is 14.5 Å². The number of phenols is 1. The molecule has 0 spiro atoms. The highest BCUT2D eigenvalue weighted by Gasteiger charge is 2.13. The normalized spacial score (nSPS) is 10.9. The summed E-state index contributed by atoms with van der Waals surface area (Å²) in [6.07, 6.45) is 0.504. The molecule has 8 heteroatoms. The molecule has 0 saturated carbocycles. The van der Waals surface area contributed by atoms with Gasteiger partial charge in [0.25, 0.3) is 5.56 Å². The van der Waals surface area contributed by atoms with Crippen molar-refractivity contribution in [2.75, 3.05) is 14.2 Å². The van der Waals surface area contributed by atoms with Gasteiger partial charge in [-0.2, -0.15) is 0 Å². The van der Waals surface area contributed by atoms with Crippen LogP contribution in [0.1, 0.15) is 5.56 Å². The van der Waals surface area contributed by atoms with E-state index in [1.54, 1.807) is 56.7 Å². The second-order valence-corrected chi connectivity index (χ2v) is 6.94. The highest BCUT2D eigenvalue weighted by molar-refractivity contribution is 5.79. The summed E-state index contributed by atoms with van der Waals surface area (Å²) in [5.41, 5.74) is 1.13. The molecule has 0 amide bonds. The van der Waals surface area contributed by atoms with Crippen molar-refractivity contribution in [3.05, 3.63) is 81.0 Å². The van der Waals surface area contributed by atoms with Gasteiger partial charge in [0, 0.05) is 12.1 Å². The molecule has 0 unspecified atom stereocenters. The number of rotatable bonds is 6. The van der Waals surface area contributed by atoms with Gasteiger partial charge in [0.15, 0.2) is 11.5 Å². The molecule has 0 aliphatic heterocycles. The quantitative estimate of drug-likeness (QED) is 0.498. The van der Waals surface area contributed by atoms with E-state index in [0.29, 0.717) is 41.1 Å². The van der Waals surface area contributed by atoms with Crippen molar-refractivity contribution < 1.29 is 14.6 Å². The minimum atomic E-state index is -0.542. The molecule has 0 radical (unpaired) electrons. The predicted molar refractivity (Wildman–Crippen MR) is 117 cm³/mol. The van der Waals surface area contributed by atoms with Gasteiger partial charge in [-0.25, -0.2) is 9.78 Å². The van der Waals surface area contributed by atoms with Gasteiger partial charge < -0.3 is 14.6 Å². The first kappa shape index (κ1) is 20.2. The van der Waals surface area contributed by atoms with Gasteiger partial charge >= 0.3 is 5.69 Å². The molecule has 0 aliphatic rings. The Morgan fingerprint density at radius 2 is 1.77 bits per heavy atom. The lowest BCUT2D eigenvalue weighted by Crippen LogP contribution is -2.31. The average Bonchev–Trinajstić information content (AvgIpc) is 2.78. The third-order valence-electron chi connectivity index (χ3n) is 5.09. The number of methoxy groups -OCH3 is 2. The Labute approximate surface area is 177 Å². The van der Waals surface area contributed by atoms with E-state index < -0.39 is 11.2 Å². The number of nitrogens with one attached hydrogen (secondary N) is 1. The molecule has 4 aromatic rings. The fraction of sp³-hybridized carbons (Fsp3) is 0.174. The topological polar surface area (TPSA) is 106 Å². The summed E-state index contributed by atoms with van der Waals surface area (Å²) in [4.78, 5) is 31.8. The van der Waals surface area contributed by atoms with Crippen molar-refractivity contribution in [1.29, 1.82) is 0 Å². The van der Waals surface area contributed by atoms with Crippen molar-refractivity contribution >= 4 is 11.0 Å². The number of aromatic amines is 1. The van der Waals surface area contributed by atoms with E-state index in [-0.39, 0.29) is 11.4 Å². The maximum Gasteiger partial charge on any atom is 0.330 e. The van der Waals surface area contributed by atoms with E-state index in [2.05, 4.69) is 9.97 Å². The third-order valence-corrected chi connectivity index (χ3v) is 5.09. The van der Waals surface area contributed by atoms with Crippen LogP contribution in [0.5, 0.6) is 17.2 Å². The van der Waals surface area contributed by atoms with E-state index >= 15 is 0 Å². The van der Waals surface area contributed by atoms with E-state index in [1.165, 1.54) is 4.57 Å². The number of fused-ring (bicyclic) bond motifs is 1. The number of para-hydroxylation sites is 1. The lowest BCUT2D eigenvalue weighted by atomic mass is 10.1. The van der Waals surface area contributed by atoms with Crippen LogP contribution in [0.25, 0.3) is 22.3 Å². The summed E-state index contributed by atoms with van der Waals surface area (Å²) in [5, 5.41) is 10.5. The van der Waals surface area contributed by atoms with Crippen LogP contribution in [0.2, 0.25) is 0 Å². The maximum absolute atomic E-state index is 12.6. The summed E-state index contributed by atoms with van der Waals surface area (Å²) in [7, 11) is 3.13. The average molecular weight is 419 g/mol. The van der Waals surface area contributed by atoms with Gasteiger partial charge in [-0.15, -0.1) is 0 Å². The van der Waals surface area contributed by atoms with Crippen LogP contribution in [0.3, 0.4) is 0 Å². The highest BCUT2D eigenvalue weighted by atomic mass is 16.5. The van der Waals surface area contributed by atoms with Crippen LogP contribution in [0.4, 0.5) is 0 Å². The molecule has 2 aromatic carbocycles. The first-order valence-corrected chi connectivity index (χ1v) is 9.65. The fourth-order valence-corrected chi connectivity index (χ4v) is 3.48. The standard InChI is InChI=1S/C23H21N3O5/c1-30-19-10-7-14(13-20(19)31-2)11-12-26-21-16(22(28)25-23(26)29)8-9-17(24-21)15-5-3-4-6-18(15)27/h3-10,13,27H,11-12H2,1-2H3,(H,25,28,29). The molecule has 2 N–H and O–H groups in total. The fourth-order valence-electron chi connectivity index (χ4n) is 3.48. The van der Waals surface area contributed by atoms with E-state index in [9.17, 15) is 14.7 Å².